The van der Waals surface area contributed by atoms with Crippen LogP contribution in [0.3, 0.4) is 0 Å². The lowest BCUT2D eigenvalue weighted by atomic mass is 9.96. The number of carboxylic acids is 1. The van der Waals surface area contributed by atoms with Gasteiger partial charge in [-0.1, -0.05) is 6.07 Å². The Balaban J connectivity index is 1.77. The van der Waals surface area contributed by atoms with Crippen molar-refractivity contribution in [3.05, 3.63) is 29.3 Å². The summed E-state index contributed by atoms with van der Waals surface area (Å²) in [5.74, 6) is -7.70. The third kappa shape index (κ3) is 3.70. The van der Waals surface area contributed by atoms with Crippen molar-refractivity contribution in [1.29, 1.82) is 0 Å². The van der Waals surface area contributed by atoms with Crippen LogP contribution in [0.1, 0.15) is 17.5 Å². The van der Waals surface area contributed by atoms with Crippen LogP contribution in [0.4, 0.5) is 18.9 Å². The van der Waals surface area contributed by atoms with E-state index in [1.165, 1.54) is 4.90 Å². The number of aryl methyl sites for hydroxylation is 2. The normalized spacial score (nSPS) is 25.5. The molecule has 3 atom stereocenters. The van der Waals surface area contributed by atoms with E-state index in [0.29, 0.717) is 5.69 Å². The molecule has 2 fully saturated rings. The SMILES string of the molecule is Cc1cc(C)cc(N2CCC(C(=O)N3C[C@@H](C(F)(F)F)[C@H](C(=O)O)C3)C2=O)c1. The minimum absolute atomic E-state index is 0.190. The van der Waals surface area contributed by atoms with Gasteiger partial charge in [-0.15, -0.1) is 0 Å². The number of amides is 2. The van der Waals surface area contributed by atoms with Crippen molar-refractivity contribution in [2.45, 2.75) is 26.4 Å². The maximum atomic E-state index is 13.1. The molecule has 2 aliphatic heterocycles. The molecule has 152 valence electrons. The number of hydrogen-bond acceptors (Lipinski definition) is 3. The quantitative estimate of drug-likeness (QED) is 0.793. The van der Waals surface area contributed by atoms with Gasteiger partial charge in [0, 0.05) is 25.3 Å². The summed E-state index contributed by atoms with van der Waals surface area (Å²) in [5, 5.41) is 9.09. The van der Waals surface area contributed by atoms with Crippen LogP contribution in [-0.4, -0.2) is 53.6 Å². The number of alkyl halides is 3. The fourth-order valence-corrected chi connectivity index (χ4v) is 4.06. The number of halogens is 3. The zero-order valence-corrected chi connectivity index (χ0v) is 15.5. The van der Waals surface area contributed by atoms with Crippen LogP contribution in [0.2, 0.25) is 0 Å². The molecule has 3 rings (SSSR count). The van der Waals surface area contributed by atoms with Crippen molar-refractivity contribution in [3.63, 3.8) is 0 Å². The fraction of sp³-hybridized carbons (Fsp3) is 0.526. The zero-order chi connectivity index (χ0) is 20.8. The number of carbonyl (C=O) groups excluding carboxylic acids is 2. The van der Waals surface area contributed by atoms with Gasteiger partial charge in [0.1, 0.15) is 5.92 Å². The van der Waals surface area contributed by atoms with E-state index in [4.69, 9.17) is 5.11 Å². The van der Waals surface area contributed by atoms with Crippen LogP contribution >= 0.6 is 0 Å². The first-order chi connectivity index (χ1) is 13.0. The second-order valence-corrected chi connectivity index (χ2v) is 7.51. The van der Waals surface area contributed by atoms with E-state index in [1.54, 1.807) is 0 Å². The van der Waals surface area contributed by atoms with Gasteiger partial charge in [0.15, 0.2) is 0 Å². The lowest BCUT2D eigenvalue weighted by Gasteiger charge is -2.21. The van der Waals surface area contributed by atoms with Crippen molar-refractivity contribution in [2.24, 2.45) is 17.8 Å². The van der Waals surface area contributed by atoms with E-state index in [1.807, 2.05) is 32.0 Å². The molecule has 0 bridgehead atoms. The number of carboxylic acid groups (broad SMARTS) is 1. The molecule has 0 aliphatic carbocycles. The molecule has 0 aromatic heterocycles. The van der Waals surface area contributed by atoms with Gasteiger partial charge in [-0.2, -0.15) is 13.2 Å². The topological polar surface area (TPSA) is 77.9 Å². The molecule has 0 saturated carbocycles. The maximum Gasteiger partial charge on any atom is 0.394 e. The largest absolute Gasteiger partial charge is 0.481 e. The number of nitrogens with zero attached hydrogens (tertiary/aromatic N) is 2. The number of anilines is 1. The van der Waals surface area contributed by atoms with Crippen LogP contribution < -0.4 is 4.90 Å². The van der Waals surface area contributed by atoms with Gasteiger partial charge >= 0.3 is 12.1 Å². The van der Waals surface area contributed by atoms with E-state index >= 15 is 0 Å². The number of benzene rings is 1. The highest BCUT2D eigenvalue weighted by Gasteiger charge is 2.54. The average Bonchev–Trinajstić information content (AvgIpc) is 3.17. The van der Waals surface area contributed by atoms with Gasteiger partial charge in [-0.3, -0.25) is 14.4 Å². The van der Waals surface area contributed by atoms with E-state index < -0.39 is 54.8 Å². The van der Waals surface area contributed by atoms with Crippen LogP contribution in [0.25, 0.3) is 0 Å². The predicted molar refractivity (Wildman–Crippen MR) is 93.6 cm³/mol. The van der Waals surface area contributed by atoms with Crippen molar-refractivity contribution < 1.29 is 32.7 Å². The molecule has 28 heavy (non-hydrogen) atoms. The second-order valence-electron chi connectivity index (χ2n) is 7.51. The lowest BCUT2D eigenvalue weighted by Crippen LogP contribution is -2.40. The summed E-state index contributed by atoms with van der Waals surface area (Å²) < 4.78 is 39.4. The third-order valence-electron chi connectivity index (χ3n) is 5.39. The van der Waals surface area contributed by atoms with Crippen LogP contribution in [0, 0.1) is 31.6 Å². The van der Waals surface area contributed by atoms with Gasteiger partial charge in [0.05, 0.1) is 11.8 Å². The summed E-state index contributed by atoms with van der Waals surface area (Å²) in [7, 11) is 0. The summed E-state index contributed by atoms with van der Waals surface area (Å²) >= 11 is 0. The van der Waals surface area contributed by atoms with Crippen LogP contribution in [0.5, 0.6) is 0 Å². The van der Waals surface area contributed by atoms with E-state index in [9.17, 15) is 27.6 Å². The van der Waals surface area contributed by atoms with Crippen LogP contribution in [0.15, 0.2) is 18.2 Å². The first-order valence-electron chi connectivity index (χ1n) is 8.97. The summed E-state index contributed by atoms with van der Waals surface area (Å²) in [4.78, 5) is 39.0. The van der Waals surface area contributed by atoms with Gasteiger partial charge in [0.25, 0.3) is 0 Å². The smallest absolute Gasteiger partial charge is 0.394 e. The molecule has 6 nitrogen and oxygen atoms in total. The minimum Gasteiger partial charge on any atom is -0.481 e. The summed E-state index contributed by atoms with van der Waals surface area (Å²) in [6, 6.07) is 5.57. The van der Waals surface area contributed by atoms with Crippen molar-refractivity contribution in [1.82, 2.24) is 4.90 Å². The Morgan fingerprint density at radius 3 is 2.21 bits per heavy atom. The molecule has 2 aliphatic rings. The van der Waals surface area contributed by atoms with Crippen molar-refractivity contribution in [3.8, 4) is 0 Å². The Hall–Kier alpha value is -2.58. The Morgan fingerprint density at radius 2 is 1.71 bits per heavy atom. The first kappa shape index (κ1) is 20.2. The molecule has 2 heterocycles. The molecular formula is C19H21F3N2O4. The number of likely N-dealkylation sites (tertiary alicyclic amines) is 1. The number of rotatable bonds is 3. The monoisotopic (exact) mass is 398 g/mol. The summed E-state index contributed by atoms with van der Waals surface area (Å²) in [6.07, 6.45) is -4.53. The lowest BCUT2D eigenvalue weighted by molar-refractivity contribution is -0.188. The minimum atomic E-state index is -4.72. The number of aliphatic carboxylic acids is 1. The van der Waals surface area contributed by atoms with Crippen molar-refractivity contribution >= 4 is 23.5 Å². The Labute approximate surface area is 159 Å². The Kier molecular flexibility index (Phi) is 5.12. The standard InChI is InChI=1S/C19H21F3N2O4/c1-10-5-11(2)7-12(6-10)24-4-3-13(17(24)26)16(25)23-8-14(18(27)28)15(9-23)19(20,21)22/h5-7,13-15H,3-4,8-9H2,1-2H3,(H,27,28)/t13?,14-,15-/m1/s1. The molecule has 1 aromatic carbocycles. The Bertz CT molecular complexity index is 804. The average molecular weight is 398 g/mol. The first-order valence-corrected chi connectivity index (χ1v) is 8.97. The van der Waals surface area contributed by atoms with Gasteiger partial charge < -0.3 is 14.9 Å². The highest BCUT2D eigenvalue weighted by atomic mass is 19.4. The Morgan fingerprint density at radius 1 is 1.11 bits per heavy atom. The summed E-state index contributed by atoms with van der Waals surface area (Å²) in [5.41, 5.74) is 2.56. The molecule has 1 aromatic rings. The van der Waals surface area contributed by atoms with E-state index in [-0.39, 0.29) is 13.0 Å². The van der Waals surface area contributed by atoms with Crippen molar-refractivity contribution in [2.75, 3.05) is 24.5 Å². The number of carbonyl (C=O) groups is 3. The molecular weight excluding hydrogens is 377 g/mol. The van der Waals surface area contributed by atoms with E-state index in [2.05, 4.69) is 0 Å². The predicted octanol–water partition coefficient (Wildman–Crippen LogP) is 2.38. The highest BCUT2D eigenvalue weighted by Crippen LogP contribution is 2.39. The van der Waals surface area contributed by atoms with Gasteiger partial charge in [-0.05, 0) is 43.5 Å². The molecule has 1 unspecified atom stereocenters. The van der Waals surface area contributed by atoms with Gasteiger partial charge in [0.2, 0.25) is 11.8 Å². The van der Waals surface area contributed by atoms with Gasteiger partial charge in [-0.25, -0.2) is 0 Å². The van der Waals surface area contributed by atoms with E-state index in [0.717, 1.165) is 16.0 Å². The molecule has 9 heteroatoms. The molecule has 0 radical (unpaired) electrons. The summed E-state index contributed by atoms with van der Waals surface area (Å²) in [6.45, 7) is 2.79. The zero-order valence-electron chi connectivity index (χ0n) is 15.5. The fourth-order valence-electron chi connectivity index (χ4n) is 4.06. The maximum absolute atomic E-state index is 13.1. The highest BCUT2D eigenvalue weighted by molar-refractivity contribution is 6.09. The molecule has 1 N–H and O–H groups in total. The third-order valence-corrected chi connectivity index (χ3v) is 5.39. The molecule has 2 saturated heterocycles. The molecule has 2 amide bonds. The molecule has 0 spiro atoms. The van der Waals surface area contributed by atoms with Crippen LogP contribution in [-0.2, 0) is 14.4 Å². The number of hydrogen-bond donors (Lipinski definition) is 1. The second kappa shape index (κ2) is 7.10.